The van der Waals surface area contributed by atoms with Crippen molar-refractivity contribution in [2.24, 2.45) is 5.92 Å². The van der Waals surface area contributed by atoms with Gasteiger partial charge < -0.3 is 0 Å². The molecular formula is C12H16O. The third-order valence-corrected chi connectivity index (χ3v) is 2.15. The minimum atomic E-state index is -0.0226. The number of carbonyl (C=O) groups excluding carboxylic acids is 1. The third kappa shape index (κ3) is 3.02. The van der Waals surface area contributed by atoms with E-state index in [4.69, 9.17) is 0 Å². The van der Waals surface area contributed by atoms with Crippen molar-refractivity contribution in [2.75, 3.05) is 0 Å². The summed E-state index contributed by atoms with van der Waals surface area (Å²) in [6.07, 6.45) is 12.3. The fraction of sp³-hybridized carbons (Fsp3) is 0.417. The number of hydrogen-bond donors (Lipinski definition) is 0. The highest BCUT2D eigenvalue weighted by atomic mass is 16.1. The van der Waals surface area contributed by atoms with Gasteiger partial charge in [0, 0.05) is 0 Å². The van der Waals surface area contributed by atoms with E-state index in [9.17, 15) is 4.79 Å². The molecular weight excluding hydrogens is 160 g/mol. The second-order valence-corrected chi connectivity index (χ2v) is 3.37. The zero-order valence-corrected chi connectivity index (χ0v) is 8.29. The Morgan fingerprint density at radius 1 is 1.46 bits per heavy atom. The lowest BCUT2D eigenvalue weighted by Crippen LogP contribution is -2.03. The van der Waals surface area contributed by atoms with Crippen molar-refractivity contribution in [3.05, 3.63) is 36.0 Å². The monoisotopic (exact) mass is 176 g/mol. The Morgan fingerprint density at radius 2 is 2.23 bits per heavy atom. The summed E-state index contributed by atoms with van der Waals surface area (Å²) in [5.74, 6) is 0.184. The molecule has 1 aliphatic rings. The summed E-state index contributed by atoms with van der Waals surface area (Å²) in [5, 5.41) is 0. The molecule has 13 heavy (non-hydrogen) atoms. The summed E-state index contributed by atoms with van der Waals surface area (Å²) in [6.45, 7) is 3.79. The molecule has 1 atom stereocenters. The summed E-state index contributed by atoms with van der Waals surface area (Å²) in [7, 11) is 0. The van der Waals surface area contributed by atoms with E-state index in [0.29, 0.717) is 0 Å². The molecule has 0 aliphatic heterocycles. The summed E-state index contributed by atoms with van der Waals surface area (Å²) >= 11 is 0. The predicted octanol–water partition coefficient (Wildman–Crippen LogP) is 3.04. The van der Waals surface area contributed by atoms with Crippen molar-refractivity contribution in [2.45, 2.75) is 26.7 Å². The van der Waals surface area contributed by atoms with Crippen LogP contribution in [0.5, 0.6) is 0 Å². The van der Waals surface area contributed by atoms with Gasteiger partial charge in [0.05, 0.1) is 5.92 Å². The van der Waals surface area contributed by atoms with E-state index in [2.05, 4.69) is 19.1 Å². The lowest BCUT2D eigenvalue weighted by molar-refractivity contribution is -0.118. The Morgan fingerprint density at radius 3 is 2.85 bits per heavy atom. The number of carbonyl (C=O) groups is 1. The fourth-order valence-electron chi connectivity index (χ4n) is 1.37. The molecule has 1 heteroatoms. The van der Waals surface area contributed by atoms with Gasteiger partial charge in [-0.1, -0.05) is 43.7 Å². The minimum Gasteiger partial charge on any atom is -0.299 e. The Hall–Kier alpha value is -1.11. The van der Waals surface area contributed by atoms with Gasteiger partial charge in [-0.2, -0.15) is 0 Å². The van der Waals surface area contributed by atoms with Gasteiger partial charge in [-0.25, -0.2) is 0 Å². The molecule has 0 heterocycles. The topological polar surface area (TPSA) is 17.1 Å². The van der Waals surface area contributed by atoms with Gasteiger partial charge in [0.25, 0.3) is 0 Å². The molecule has 1 aliphatic carbocycles. The van der Waals surface area contributed by atoms with Crippen LogP contribution in [0.3, 0.4) is 0 Å². The van der Waals surface area contributed by atoms with Crippen LogP contribution in [0.2, 0.25) is 0 Å². The van der Waals surface area contributed by atoms with E-state index >= 15 is 0 Å². The molecule has 0 amide bonds. The van der Waals surface area contributed by atoms with Crippen molar-refractivity contribution >= 4 is 5.78 Å². The molecule has 70 valence electrons. The van der Waals surface area contributed by atoms with E-state index in [1.54, 1.807) is 6.92 Å². The summed E-state index contributed by atoms with van der Waals surface area (Å²) in [4.78, 5) is 11.1. The maximum Gasteiger partial charge on any atom is 0.140 e. The minimum absolute atomic E-state index is 0.0226. The first-order valence-corrected chi connectivity index (χ1v) is 4.80. The quantitative estimate of drug-likeness (QED) is 0.646. The van der Waals surface area contributed by atoms with Crippen LogP contribution in [0.25, 0.3) is 0 Å². The van der Waals surface area contributed by atoms with E-state index in [0.717, 1.165) is 12.8 Å². The average Bonchev–Trinajstić information content (AvgIpc) is 2.30. The van der Waals surface area contributed by atoms with Crippen LogP contribution in [-0.4, -0.2) is 5.78 Å². The van der Waals surface area contributed by atoms with Gasteiger partial charge >= 0.3 is 0 Å². The third-order valence-electron chi connectivity index (χ3n) is 2.15. The van der Waals surface area contributed by atoms with E-state index in [-0.39, 0.29) is 11.7 Å². The normalized spacial score (nSPS) is 21.1. The SMILES string of the molecule is CCCC1=CC=CC(C(C)=O)C=C1. The second-order valence-electron chi connectivity index (χ2n) is 3.37. The second kappa shape index (κ2) is 4.80. The number of hydrogen-bond acceptors (Lipinski definition) is 1. The molecule has 0 N–H and O–H groups in total. The van der Waals surface area contributed by atoms with E-state index < -0.39 is 0 Å². The van der Waals surface area contributed by atoms with Crippen LogP contribution in [0, 0.1) is 5.92 Å². The number of ketones is 1. The molecule has 0 saturated heterocycles. The van der Waals surface area contributed by atoms with Gasteiger partial charge in [-0.15, -0.1) is 0 Å². The van der Waals surface area contributed by atoms with Crippen LogP contribution in [0.15, 0.2) is 36.0 Å². The Labute approximate surface area is 79.8 Å². The Bertz CT molecular complexity index is 269. The molecule has 0 bridgehead atoms. The number of Topliss-reactive ketones (excluding diaryl/α,β-unsaturated/α-hetero) is 1. The van der Waals surface area contributed by atoms with Crippen molar-refractivity contribution in [3.8, 4) is 0 Å². The molecule has 0 aromatic rings. The summed E-state index contributed by atoms with van der Waals surface area (Å²) in [6, 6.07) is 0. The van der Waals surface area contributed by atoms with Crippen molar-refractivity contribution in [1.29, 1.82) is 0 Å². The highest BCUT2D eigenvalue weighted by molar-refractivity contribution is 5.82. The van der Waals surface area contributed by atoms with Crippen molar-refractivity contribution < 1.29 is 4.79 Å². The highest BCUT2D eigenvalue weighted by Gasteiger charge is 2.07. The largest absolute Gasteiger partial charge is 0.299 e. The molecule has 0 fully saturated rings. The molecule has 0 spiro atoms. The zero-order chi connectivity index (χ0) is 9.68. The molecule has 1 unspecified atom stereocenters. The van der Waals surface area contributed by atoms with Gasteiger partial charge in [-0.05, 0) is 18.9 Å². The molecule has 0 aromatic carbocycles. The number of rotatable bonds is 3. The predicted molar refractivity (Wildman–Crippen MR) is 55.4 cm³/mol. The van der Waals surface area contributed by atoms with E-state index in [1.807, 2.05) is 18.2 Å². The average molecular weight is 176 g/mol. The van der Waals surface area contributed by atoms with Crippen LogP contribution in [0.4, 0.5) is 0 Å². The Balaban J connectivity index is 2.68. The van der Waals surface area contributed by atoms with Crippen molar-refractivity contribution in [3.63, 3.8) is 0 Å². The lowest BCUT2D eigenvalue weighted by atomic mass is 10.0. The lowest BCUT2D eigenvalue weighted by Gasteiger charge is -1.99. The van der Waals surface area contributed by atoms with Crippen molar-refractivity contribution in [1.82, 2.24) is 0 Å². The first-order chi connectivity index (χ1) is 6.24. The van der Waals surface area contributed by atoms with Gasteiger partial charge in [0.1, 0.15) is 5.78 Å². The Kier molecular flexibility index (Phi) is 3.69. The first-order valence-electron chi connectivity index (χ1n) is 4.80. The molecule has 1 nitrogen and oxygen atoms in total. The van der Waals surface area contributed by atoms with Crippen LogP contribution >= 0.6 is 0 Å². The van der Waals surface area contributed by atoms with Gasteiger partial charge in [0.15, 0.2) is 0 Å². The standard InChI is InChI=1S/C12H16O/c1-3-5-11-6-4-7-12(9-8-11)10(2)13/h4,6-9,12H,3,5H2,1-2H3. The molecule has 0 saturated carbocycles. The molecule has 0 radical (unpaired) electrons. The van der Waals surface area contributed by atoms with Gasteiger partial charge in [-0.3, -0.25) is 4.79 Å². The van der Waals surface area contributed by atoms with Crippen LogP contribution in [-0.2, 0) is 4.79 Å². The summed E-state index contributed by atoms with van der Waals surface area (Å²) < 4.78 is 0. The summed E-state index contributed by atoms with van der Waals surface area (Å²) in [5.41, 5.74) is 1.31. The zero-order valence-electron chi connectivity index (χ0n) is 8.29. The maximum absolute atomic E-state index is 11.1. The molecule has 0 aromatic heterocycles. The smallest absolute Gasteiger partial charge is 0.140 e. The molecule has 1 rings (SSSR count). The fourth-order valence-corrected chi connectivity index (χ4v) is 1.37. The number of allylic oxidation sites excluding steroid dienone is 6. The van der Waals surface area contributed by atoms with Crippen LogP contribution < -0.4 is 0 Å². The first kappa shape index (κ1) is 9.97. The van der Waals surface area contributed by atoms with Gasteiger partial charge in [0.2, 0.25) is 0 Å². The highest BCUT2D eigenvalue weighted by Crippen LogP contribution is 2.14. The van der Waals surface area contributed by atoms with Crippen LogP contribution in [0.1, 0.15) is 26.7 Å². The maximum atomic E-state index is 11.1. The van der Waals surface area contributed by atoms with E-state index in [1.165, 1.54) is 5.57 Å².